The van der Waals surface area contributed by atoms with Crippen molar-refractivity contribution in [2.24, 2.45) is 17.6 Å². The maximum absolute atomic E-state index is 6.48. The number of piperidine rings is 1. The van der Waals surface area contributed by atoms with E-state index >= 15 is 0 Å². The molecule has 0 spiro atoms. The summed E-state index contributed by atoms with van der Waals surface area (Å²) in [6.07, 6.45) is 5.05. The van der Waals surface area contributed by atoms with Gasteiger partial charge in [-0.3, -0.25) is 15.3 Å². The van der Waals surface area contributed by atoms with Crippen LogP contribution in [0.5, 0.6) is 0 Å². The second-order valence-corrected chi connectivity index (χ2v) is 5.87. The van der Waals surface area contributed by atoms with Crippen molar-refractivity contribution in [2.45, 2.75) is 13.3 Å². The lowest BCUT2D eigenvalue weighted by Crippen LogP contribution is -2.39. The smallest absolute Gasteiger partial charge is 0.275 e. The van der Waals surface area contributed by atoms with Gasteiger partial charge in [0.15, 0.2) is 0 Å². The standard InChI is InChI=1S/C18H21N3/c1-3-14-12-21(11-9-13(14)2)18(19)16-8-10-20-17-7-5-4-6-15(16)17/h3-8,10,13-14,19H,1,9,11-12H2,2H3/p+1. The van der Waals surface area contributed by atoms with E-state index in [1.807, 2.05) is 30.5 Å². The molecule has 0 amide bonds. The average Bonchev–Trinajstić information content (AvgIpc) is 2.54. The van der Waals surface area contributed by atoms with E-state index in [0.29, 0.717) is 11.8 Å². The average molecular weight is 280 g/mol. The number of fused-ring (bicyclic) bond motifs is 1. The zero-order valence-corrected chi connectivity index (χ0v) is 12.5. The minimum absolute atomic E-state index is 0.505. The van der Waals surface area contributed by atoms with Crippen molar-refractivity contribution in [1.29, 1.82) is 0 Å². The molecule has 2 atom stereocenters. The number of amidine groups is 1. The van der Waals surface area contributed by atoms with Crippen LogP contribution in [0.2, 0.25) is 0 Å². The van der Waals surface area contributed by atoms with Gasteiger partial charge in [-0.15, -0.1) is 6.58 Å². The summed E-state index contributed by atoms with van der Waals surface area (Å²) in [7, 11) is 0. The molecule has 1 aromatic carbocycles. The van der Waals surface area contributed by atoms with Crippen LogP contribution in [0.4, 0.5) is 0 Å². The Balaban J connectivity index is 2.05. The first-order valence-corrected chi connectivity index (χ1v) is 7.54. The molecule has 108 valence electrons. The molecule has 0 bridgehead atoms. The molecular weight excluding hydrogens is 258 g/mol. The van der Waals surface area contributed by atoms with Crippen molar-refractivity contribution in [3.8, 4) is 0 Å². The zero-order valence-electron chi connectivity index (χ0n) is 12.5. The van der Waals surface area contributed by atoms with Crippen LogP contribution in [-0.4, -0.2) is 28.5 Å². The van der Waals surface area contributed by atoms with Crippen molar-refractivity contribution in [1.82, 2.24) is 4.98 Å². The van der Waals surface area contributed by atoms with E-state index in [1.54, 1.807) is 0 Å². The van der Waals surface area contributed by atoms with Crippen molar-refractivity contribution >= 4 is 16.7 Å². The van der Waals surface area contributed by atoms with Gasteiger partial charge in [0, 0.05) is 17.5 Å². The lowest BCUT2D eigenvalue weighted by Gasteiger charge is -2.27. The van der Waals surface area contributed by atoms with Crippen molar-refractivity contribution in [3.63, 3.8) is 0 Å². The fraction of sp³-hybridized carbons (Fsp3) is 0.333. The van der Waals surface area contributed by atoms with E-state index in [4.69, 9.17) is 5.73 Å². The molecule has 3 nitrogen and oxygen atoms in total. The van der Waals surface area contributed by atoms with Crippen LogP contribution >= 0.6 is 0 Å². The molecule has 2 N–H and O–H groups in total. The summed E-state index contributed by atoms with van der Waals surface area (Å²) in [5.74, 6) is 2.04. The highest BCUT2D eigenvalue weighted by Gasteiger charge is 2.26. The van der Waals surface area contributed by atoms with Crippen LogP contribution < -0.4 is 5.73 Å². The molecular formula is C18H22N3+. The monoisotopic (exact) mass is 280 g/mol. The summed E-state index contributed by atoms with van der Waals surface area (Å²) in [6.45, 7) is 8.22. The molecule has 2 aromatic rings. The fourth-order valence-corrected chi connectivity index (χ4v) is 3.11. The van der Waals surface area contributed by atoms with Crippen molar-refractivity contribution < 1.29 is 4.58 Å². The minimum Gasteiger partial charge on any atom is -0.287 e. The lowest BCUT2D eigenvalue weighted by atomic mass is 9.87. The quantitative estimate of drug-likeness (QED) is 0.522. The zero-order chi connectivity index (χ0) is 14.8. The minimum atomic E-state index is 0.505. The van der Waals surface area contributed by atoms with Gasteiger partial charge in [-0.1, -0.05) is 31.2 Å². The van der Waals surface area contributed by atoms with E-state index in [-0.39, 0.29) is 0 Å². The third-order valence-electron chi connectivity index (χ3n) is 4.58. The molecule has 1 aromatic heterocycles. The Labute approximate surface area is 125 Å². The number of para-hydroxylation sites is 1. The fourth-order valence-electron chi connectivity index (χ4n) is 3.11. The number of nitrogens with two attached hydrogens (primary N) is 1. The molecule has 1 aliphatic heterocycles. The van der Waals surface area contributed by atoms with Crippen LogP contribution in [0.3, 0.4) is 0 Å². The molecule has 0 aliphatic carbocycles. The van der Waals surface area contributed by atoms with Crippen molar-refractivity contribution in [3.05, 3.63) is 54.7 Å². The Hall–Kier alpha value is -2.16. The van der Waals surface area contributed by atoms with Gasteiger partial charge in [-0.2, -0.15) is 0 Å². The number of hydrogen-bond donors (Lipinski definition) is 1. The van der Waals surface area contributed by atoms with Crippen molar-refractivity contribution in [2.75, 3.05) is 13.1 Å². The topological polar surface area (TPSA) is 41.9 Å². The van der Waals surface area contributed by atoms with Gasteiger partial charge in [0.1, 0.15) is 0 Å². The second kappa shape index (κ2) is 5.68. The Morgan fingerprint density at radius 2 is 2.19 bits per heavy atom. The summed E-state index contributed by atoms with van der Waals surface area (Å²) < 4.78 is 2.29. The first-order chi connectivity index (χ1) is 10.2. The number of rotatable bonds is 2. The number of benzene rings is 1. The number of aromatic nitrogens is 1. The number of hydrogen-bond acceptors (Lipinski definition) is 1. The van der Waals surface area contributed by atoms with Crippen LogP contribution in [0.15, 0.2) is 49.2 Å². The van der Waals surface area contributed by atoms with Crippen LogP contribution in [-0.2, 0) is 0 Å². The van der Waals surface area contributed by atoms with Gasteiger partial charge in [0.25, 0.3) is 5.84 Å². The SMILES string of the molecule is C=CC1C[N+](=C(N)c2ccnc3ccccc23)CCC1C. The van der Waals surface area contributed by atoms with Crippen LogP contribution in [0.1, 0.15) is 18.9 Å². The largest absolute Gasteiger partial charge is 0.287 e. The molecule has 1 saturated heterocycles. The molecule has 3 rings (SSSR count). The molecule has 2 heterocycles. The normalized spacial score (nSPS) is 24.8. The highest BCUT2D eigenvalue weighted by Crippen LogP contribution is 2.23. The maximum atomic E-state index is 6.48. The molecule has 1 aliphatic rings. The van der Waals surface area contributed by atoms with E-state index in [2.05, 4.69) is 35.2 Å². The Morgan fingerprint density at radius 3 is 3.00 bits per heavy atom. The summed E-state index contributed by atoms with van der Waals surface area (Å²) in [5, 5.41) is 1.12. The highest BCUT2D eigenvalue weighted by atomic mass is 15.1. The predicted molar refractivity (Wildman–Crippen MR) is 87.5 cm³/mol. The van der Waals surface area contributed by atoms with Gasteiger partial charge in [0.2, 0.25) is 0 Å². The van der Waals surface area contributed by atoms with Gasteiger partial charge < -0.3 is 0 Å². The van der Waals surface area contributed by atoms with Gasteiger partial charge in [-0.25, -0.2) is 0 Å². The Morgan fingerprint density at radius 1 is 1.38 bits per heavy atom. The molecule has 0 saturated carbocycles. The third-order valence-corrected chi connectivity index (χ3v) is 4.58. The molecule has 1 fully saturated rings. The summed E-state index contributed by atoms with van der Waals surface area (Å²) >= 11 is 0. The van der Waals surface area contributed by atoms with Gasteiger partial charge in [-0.05, 0) is 24.5 Å². The number of nitrogens with zero attached hydrogens (tertiary/aromatic N) is 2. The lowest BCUT2D eigenvalue weighted by molar-refractivity contribution is -0.547. The van der Waals surface area contributed by atoms with E-state index in [9.17, 15) is 0 Å². The highest BCUT2D eigenvalue weighted by molar-refractivity contribution is 6.05. The Bertz CT molecular complexity index is 697. The van der Waals surface area contributed by atoms with Gasteiger partial charge in [0.05, 0.1) is 24.2 Å². The summed E-state index contributed by atoms with van der Waals surface area (Å²) in [4.78, 5) is 4.41. The second-order valence-electron chi connectivity index (χ2n) is 5.87. The third kappa shape index (κ3) is 2.56. The first-order valence-electron chi connectivity index (χ1n) is 7.54. The predicted octanol–water partition coefficient (Wildman–Crippen LogP) is 2.79. The molecule has 3 heteroatoms. The van der Waals surface area contributed by atoms with Crippen LogP contribution in [0, 0.1) is 11.8 Å². The first kappa shape index (κ1) is 13.8. The maximum Gasteiger partial charge on any atom is 0.275 e. The molecule has 0 radical (unpaired) electrons. The molecule has 21 heavy (non-hydrogen) atoms. The Kier molecular flexibility index (Phi) is 3.74. The summed E-state index contributed by atoms with van der Waals surface area (Å²) in [6, 6.07) is 10.2. The van der Waals surface area contributed by atoms with Gasteiger partial charge >= 0.3 is 0 Å². The van der Waals surface area contributed by atoms with E-state index in [1.165, 1.54) is 0 Å². The number of pyridine rings is 1. The molecule has 2 unspecified atom stereocenters. The van der Waals surface area contributed by atoms with E-state index < -0.39 is 0 Å². The van der Waals surface area contributed by atoms with Crippen LogP contribution in [0.25, 0.3) is 10.9 Å². The van der Waals surface area contributed by atoms with E-state index in [0.717, 1.165) is 41.8 Å². The summed E-state index contributed by atoms with van der Waals surface area (Å²) in [5.41, 5.74) is 8.55.